The minimum atomic E-state index is -0.391. The Kier molecular flexibility index (Phi) is 4.74. The molecule has 1 aromatic rings. The van der Waals surface area contributed by atoms with Crippen molar-refractivity contribution < 1.29 is 4.92 Å². The third kappa shape index (κ3) is 3.43. The van der Waals surface area contributed by atoms with Gasteiger partial charge in [-0.15, -0.1) is 0 Å². The van der Waals surface area contributed by atoms with Crippen molar-refractivity contribution in [3.05, 3.63) is 27.0 Å². The first-order valence-corrected chi connectivity index (χ1v) is 7.45. The first-order chi connectivity index (χ1) is 9.11. The van der Waals surface area contributed by atoms with Crippen molar-refractivity contribution in [1.29, 1.82) is 0 Å². The van der Waals surface area contributed by atoms with Gasteiger partial charge in [0.1, 0.15) is 11.9 Å². The number of nitrogens with zero attached hydrogens (tertiary/aromatic N) is 2. The van der Waals surface area contributed by atoms with Crippen LogP contribution in [0.25, 0.3) is 0 Å². The van der Waals surface area contributed by atoms with Gasteiger partial charge in [0.25, 0.3) is 0 Å². The molecule has 0 aliphatic heterocycles. The molecule has 0 radical (unpaired) electrons. The summed E-state index contributed by atoms with van der Waals surface area (Å²) in [6.45, 7) is 2.22. The third-order valence-electron chi connectivity index (χ3n) is 3.85. The van der Waals surface area contributed by atoms with E-state index in [-0.39, 0.29) is 5.69 Å². The molecule has 0 atom stereocenters. The predicted molar refractivity (Wildman–Crippen MR) is 78.3 cm³/mol. The van der Waals surface area contributed by atoms with Gasteiger partial charge in [-0.3, -0.25) is 15.1 Å². The van der Waals surface area contributed by atoms with E-state index in [1.54, 1.807) is 6.20 Å². The van der Waals surface area contributed by atoms with E-state index in [0.29, 0.717) is 16.2 Å². The van der Waals surface area contributed by atoms with Gasteiger partial charge in [-0.05, 0) is 47.5 Å². The fourth-order valence-corrected chi connectivity index (χ4v) is 3.06. The van der Waals surface area contributed by atoms with Gasteiger partial charge in [0.15, 0.2) is 0 Å². The normalized spacial score (nSPS) is 23.1. The maximum atomic E-state index is 11.0. The fourth-order valence-electron chi connectivity index (χ4n) is 2.63. The Morgan fingerprint density at radius 3 is 2.68 bits per heavy atom. The number of nitro groups is 1. The van der Waals surface area contributed by atoms with E-state index >= 15 is 0 Å². The maximum absolute atomic E-state index is 11.0. The molecule has 0 spiro atoms. The number of aromatic nitrogens is 1. The Balaban J connectivity index is 2.09. The van der Waals surface area contributed by atoms with Gasteiger partial charge in [-0.1, -0.05) is 13.3 Å². The van der Waals surface area contributed by atoms with Gasteiger partial charge in [0.2, 0.25) is 0 Å². The Morgan fingerprint density at radius 2 is 2.11 bits per heavy atom. The van der Waals surface area contributed by atoms with E-state index in [1.165, 1.54) is 25.5 Å². The van der Waals surface area contributed by atoms with Crippen molar-refractivity contribution in [2.75, 3.05) is 5.32 Å². The van der Waals surface area contributed by atoms with Crippen LogP contribution in [0.3, 0.4) is 0 Å². The summed E-state index contributed by atoms with van der Waals surface area (Å²) in [5, 5.41) is 14.3. The van der Waals surface area contributed by atoms with Crippen molar-refractivity contribution in [3.63, 3.8) is 0 Å². The summed E-state index contributed by atoms with van der Waals surface area (Å²) >= 11 is 3.34. The Labute approximate surface area is 121 Å². The van der Waals surface area contributed by atoms with Crippen LogP contribution in [-0.2, 0) is 0 Å². The van der Waals surface area contributed by atoms with Gasteiger partial charge < -0.3 is 5.32 Å². The van der Waals surface area contributed by atoms with Gasteiger partial charge in [0, 0.05) is 12.2 Å². The third-order valence-corrected chi connectivity index (χ3v) is 4.45. The van der Waals surface area contributed by atoms with Crippen LogP contribution < -0.4 is 5.32 Å². The topological polar surface area (TPSA) is 68.1 Å². The zero-order valence-electron chi connectivity index (χ0n) is 10.9. The summed E-state index contributed by atoms with van der Waals surface area (Å²) in [6, 6.07) is 0.320. The second-order valence-electron chi connectivity index (χ2n) is 5.04. The molecule has 0 aromatic carbocycles. The number of rotatable bonds is 4. The standard InChI is InChI=1S/C13H18BrN3O2/c1-2-9-3-5-10(6-4-9)16-13-11(14)7-15-8-12(13)17(18)19/h7-10H,2-6H2,1H3,(H,15,16). The lowest BCUT2D eigenvalue weighted by Crippen LogP contribution is -2.26. The molecular weight excluding hydrogens is 310 g/mol. The average molecular weight is 328 g/mol. The highest BCUT2D eigenvalue weighted by Gasteiger charge is 2.24. The quantitative estimate of drug-likeness (QED) is 0.666. The molecule has 0 unspecified atom stereocenters. The van der Waals surface area contributed by atoms with Crippen LogP contribution in [0.4, 0.5) is 11.4 Å². The minimum absolute atomic E-state index is 0.0342. The highest BCUT2D eigenvalue weighted by atomic mass is 79.9. The van der Waals surface area contributed by atoms with E-state index in [1.807, 2.05) is 0 Å². The van der Waals surface area contributed by atoms with Crippen LogP contribution in [0.1, 0.15) is 39.0 Å². The Bertz CT molecular complexity index is 459. The van der Waals surface area contributed by atoms with E-state index in [4.69, 9.17) is 0 Å². The SMILES string of the molecule is CCC1CCC(Nc2c(Br)cncc2[N+](=O)[O-])CC1. The van der Waals surface area contributed by atoms with Gasteiger partial charge in [-0.25, -0.2) is 0 Å². The molecule has 6 heteroatoms. The summed E-state index contributed by atoms with van der Waals surface area (Å²) < 4.78 is 0.652. The maximum Gasteiger partial charge on any atom is 0.311 e. The molecule has 2 rings (SSSR count). The molecule has 0 saturated heterocycles. The number of nitrogens with one attached hydrogen (secondary N) is 1. The summed E-state index contributed by atoms with van der Waals surface area (Å²) in [7, 11) is 0. The molecule has 1 saturated carbocycles. The lowest BCUT2D eigenvalue weighted by molar-refractivity contribution is -0.384. The molecule has 1 fully saturated rings. The molecule has 0 bridgehead atoms. The van der Waals surface area contributed by atoms with Crippen molar-refractivity contribution in [3.8, 4) is 0 Å². The zero-order chi connectivity index (χ0) is 13.8. The van der Waals surface area contributed by atoms with Crippen LogP contribution in [0.5, 0.6) is 0 Å². The lowest BCUT2D eigenvalue weighted by Gasteiger charge is -2.29. The number of pyridine rings is 1. The lowest BCUT2D eigenvalue weighted by atomic mass is 9.84. The Hall–Kier alpha value is -1.17. The van der Waals surface area contributed by atoms with E-state index in [9.17, 15) is 10.1 Å². The van der Waals surface area contributed by atoms with Gasteiger partial charge in [0.05, 0.1) is 9.40 Å². The van der Waals surface area contributed by atoms with Crippen LogP contribution in [-0.4, -0.2) is 15.9 Å². The molecule has 1 aliphatic rings. The largest absolute Gasteiger partial charge is 0.376 e. The summed E-state index contributed by atoms with van der Waals surface area (Å²) in [5.41, 5.74) is 0.590. The van der Waals surface area contributed by atoms with Crippen LogP contribution >= 0.6 is 15.9 Å². The molecule has 104 valence electrons. The van der Waals surface area contributed by atoms with Crippen molar-refractivity contribution in [2.45, 2.75) is 45.1 Å². The summed E-state index contributed by atoms with van der Waals surface area (Å²) in [5.74, 6) is 0.814. The fraction of sp³-hybridized carbons (Fsp3) is 0.615. The predicted octanol–water partition coefficient (Wildman–Crippen LogP) is 4.13. The van der Waals surface area contributed by atoms with Crippen molar-refractivity contribution in [2.24, 2.45) is 5.92 Å². The molecule has 0 amide bonds. The highest BCUT2D eigenvalue weighted by Crippen LogP contribution is 2.35. The average Bonchev–Trinajstić information content (AvgIpc) is 2.41. The monoisotopic (exact) mass is 327 g/mol. The smallest absolute Gasteiger partial charge is 0.311 e. The second kappa shape index (κ2) is 6.32. The van der Waals surface area contributed by atoms with E-state index < -0.39 is 4.92 Å². The van der Waals surface area contributed by atoms with Crippen molar-refractivity contribution in [1.82, 2.24) is 4.98 Å². The number of hydrogen-bond acceptors (Lipinski definition) is 4. The van der Waals surface area contributed by atoms with Crippen LogP contribution in [0.2, 0.25) is 0 Å². The zero-order valence-corrected chi connectivity index (χ0v) is 12.5. The molecule has 1 heterocycles. The molecule has 1 aromatic heterocycles. The highest BCUT2D eigenvalue weighted by molar-refractivity contribution is 9.10. The molecule has 19 heavy (non-hydrogen) atoms. The molecule has 5 nitrogen and oxygen atoms in total. The number of halogens is 1. The van der Waals surface area contributed by atoms with Crippen LogP contribution in [0.15, 0.2) is 16.9 Å². The summed E-state index contributed by atoms with van der Waals surface area (Å²) in [6.07, 6.45) is 8.66. The minimum Gasteiger partial charge on any atom is -0.376 e. The molecule has 1 aliphatic carbocycles. The van der Waals surface area contributed by atoms with E-state index in [2.05, 4.69) is 33.2 Å². The van der Waals surface area contributed by atoms with E-state index in [0.717, 1.165) is 18.8 Å². The van der Waals surface area contributed by atoms with Gasteiger partial charge in [-0.2, -0.15) is 0 Å². The van der Waals surface area contributed by atoms with Crippen LogP contribution in [0, 0.1) is 16.0 Å². The summed E-state index contributed by atoms with van der Waals surface area (Å²) in [4.78, 5) is 14.5. The van der Waals surface area contributed by atoms with Crippen molar-refractivity contribution >= 4 is 27.3 Å². The molecule has 1 N–H and O–H groups in total. The number of hydrogen-bond donors (Lipinski definition) is 1. The Morgan fingerprint density at radius 1 is 1.42 bits per heavy atom. The molecular formula is C13H18BrN3O2. The first kappa shape index (κ1) is 14.2. The van der Waals surface area contributed by atoms with Gasteiger partial charge >= 0.3 is 5.69 Å². The second-order valence-corrected chi connectivity index (χ2v) is 5.90. The number of anilines is 1. The first-order valence-electron chi connectivity index (χ1n) is 6.66.